The Labute approximate surface area is 104 Å². The molecule has 0 spiro atoms. The van der Waals surface area contributed by atoms with E-state index in [4.69, 9.17) is 0 Å². The summed E-state index contributed by atoms with van der Waals surface area (Å²) in [7, 11) is 0. The maximum atomic E-state index is 12.2. The number of nitrogens with one attached hydrogen (secondary N) is 1. The predicted octanol–water partition coefficient (Wildman–Crippen LogP) is 2.19. The van der Waals surface area contributed by atoms with Crippen LogP contribution in [0.25, 0.3) is 0 Å². The molecule has 16 heavy (non-hydrogen) atoms. The number of likely N-dealkylation sites (tertiary alicyclic amines) is 1. The number of rotatable bonds is 3. The van der Waals surface area contributed by atoms with Crippen LogP contribution in [0, 0.1) is 0 Å². The van der Waals surface area contributed by atoms with Crippen molar-refractivity contribution >= 4 is 21.8 Å². The van der Waals surface area contributed by atoms with Crippen molar-refractivity contribution in [3.8, 4) is 0 Å². The number of H-pyrrole nitrogens is 1. The molecule has 2 heterocycles. The van der Waals surface area contributed by atoms with E-state index in [1.165, 1.54) is 6.42 Å². The van der Waals surface area contributed by atoms with Crippen LogP contribution in [0.5, 0.6) is 0 Å². The molecule has 2 rings (SSSR count). The Bertz CT molecular complexity index is 337. The molecule has 88 valence electrons. The van der Waals surface area contributed by atoms with Crippen molar-refractivity contribution in [2.24, 2.45) is 0 Å². The minimum absolute atomic E-state index is 0.111. The van der Waals surface area contributed by atoms with Crippen LogP contribution in [0.2, 0.25) is 0 Å². The molecule has 1 aromatic heterocycles. The minimum Gasteiger partial charge on any atom is -0.336 e. The second kappa shape index (κ2) is 5.48. The lowest BCUT2D eigenvalue weighted by atomic mass is 9.99. The van der Waals surface area contributed by atoms with Crippen molar-refractivity contribution in [3.63, 3.8) is 0 Å². The van der Waals surface area contributed by atoms with Gasteiger partial charge in [-0.05, 0) is 25.7 Å². The molecule has 1 unspecified atom stereocenters. The number of nitrogens with zero attached hydrogens (tertiary/aromatic N) is 2. The largest absolute Gasteiger partial charge is 0.336 e. The summed E-state index contributed by atoms with van der Waals surface area (Å²) in [5.41, 5.74) is 0.668. The monoisotopic (exact) mass is 285 g/mol. The summed E-state index contributed by atoms with van der Waals surface area (Å²) < 4.78 is 0. The molecule has 1 fully saturated rings. The number of aromatic amines is 1. The van der Waals surface area contributed by atoms with Crippen LogP contribution < -0.4 is 0 Å². The average molecular weight is 286 g/mol. The molecule has 1 amide bonds. The highest BCUT2D eigenvalue weighted by Crippen LogP contribution is 2.22. The maximum Gasteiger partial charge on any atom is 0.257 e. The van der Waals surface area contributed by atoms with Crippen molar-refractivity contribution in [2.45, 2.75) is 31.7 Å². The van der Waals surface area contributed by atoms with Gasteiger partial charge in [0.2, 0.25) is 0 Å². The second-order valence-electron chi connectivity index (χ2n) is 4.11. The van der Waals surface area contributed by atoms with E-state index in [1.807, 2.05) is 4.90 Å². The highest BCUT2D eigenvalue weighted by molar-refractivity contribution is 9.09. The van der Waals surface area contributed by atoms with E-state index in [0.29, 0.717) is 11.6 Å². The third-order valence-electron chi connectivity index (χ3n) is 3.08. The first-order chi connectivity index (χ1) is 7.83. The van der Waals surface area contributed by atoms with Crippen molar-refractivity contribution in [1.29, 1.82) is 0 Å². The maximum absolute atomic E-state index is 12.2. The summed E-state index contributed by atoms with van der Waals surface area (Å²) in [4.78, 5) is 14.2. The summed E-state index contributed by atoms with van der Waals surface area (Å²) in [6.45, 7) is 0.877. The fourth-order valence-corrected chi connectivity index (χ4v) is 2.76. The van der Waals surface area contributed by atoms with Gasteiger partial charge in [-0.3, -0.25) is 9.89 Å². The van der Waals surface area contributed by atoms with Gasteiger partial charge in [-0.1, -0.05) is 15.9 Å². The molecule has 0 bridgehead atoms. The molecule has 1 atom stereocenters. The van der Waals surface area contributed by atoms with E-state index >= 15 is 0 Å². The number of carbonyl (C=O) groups is 1. The van der Waals surface area contributed by atoms with E-state index < -0.39 is 0 Å². The summed E-state index contributed by atoms with van der Waals surface area (Å²) in [6.07, 6.45) is 7.76. The van der Waals surface area contributed by atoms with E-state index in [-0.39, 0.29) is 5.91 Å². The lowest BCUT2D eigenvalue weighted by Gasteiger charge is -2.35. The lowest BCUT2D eigenvalue weighted by molar-refractivity contribution is 0.0610. The number of piperidine rings is 1. The summed E-state index contributed by atoms with van der Waals surface area (Å²) in [6, 6.07) is 0.385. The lowest BCUT2D eigenvalue weighted by Crippen LogP contribution is -2.43. The van der Waals surface area contributed by atoms with Crippen LogP contribution in [0.4, 0.5) is 0 Å². The number of hydrogen-bond acceptors (Lipinski definition) is 2. The third-order valence-corrected chi connectivity index (χ3v) is 3.53. The van der Waals surface area contributed by atoms with Gasteiger partial charge in [0.25, 0.3) is 5.91 Å². The van der Waals surface area contributed by atoms with Gasteiger partial charge in [-0.15, -0.1) is 0 Å². The second-order valence-corrected chi connectivity index (χ2v) is 4.91. The summed E-state index contributed by atoms with van der Waals surface area (Å²) >= 11 is 3.45. The molecule has 4 nitrogen and oxygen atoms in total. The normalized spacial score (nSPS) is 21.1. The van der Waals surface area contributed by atoms with E-state index in [1.54, 1.807) is 12.4 Å². The van der Waals surface area contributed by atoms with Crippen molar-refractivity contribution in [2.75, 3.05) is 11.9 Å². The fourth-order valence-electron chi connectivity index (χ4n) is 2.23. The van der Waals surface area contributed by atoms with Gasteiger partial charge in [-0.25, -0.2) is 0 Å². The smallest absolute Gasteiger partial charge is 0.257 e. The van der Waals surface area contributed by atoms with Crippen molar-refractivity contribution < 1.29 is 4.79 Å². The van der Waals surface area contributed by atoms with Crippen LogP contribution in [0.3, 0.4) is 0 Å². The number of hydrogen-bond donors (Lipinski definition) is 1. The Morgan fingerprint density at radius 1 is 1.62 bits per heavy atom. The SMILES string of the molecule is O=C(c1cn[nH]c1)N1CCCCC1CCBr. The Kier molecular flexibility index (Phi) is 3.98. The molecule has 1 N–H and O–H groups in total. The molecular weight excluding hydrogens is 270 g/mol. The molecule has 1 aromatic rings. The van der Waals surface area contributed by atoms with E-state index in [9.17, 15) is 4.79 Å². The Morgan fingerprint density at radius 3 is 3.19 bits per heavy atom. The standard InChI is InChI=1S/C11H16BrN3O/c12-5-4-10-3-1-2-6-15(10)11(16)9-7-13-14-8-9/h7-8,10H,1-6H2,(H,13,14). The average Bonchev–Trinajstić information content (AvgIpc) is 2.83. The Hall–Kier alpha value is -0.840. The van der Waals surface area contributed by atoms with Gasteiger partial charge in [0.15, 0.2) is 0 Å². The molecule has 1 aliphatic rings. The molecule has 0 aliphatic carbocycles. The summed E-state index contributed by atoms with van der Waals surface area (Å²) in [5, 5.41) is 7.47. The van der Waals surface area contributed by atoms with Gasteiger partial charge < -0.3 is 4.90 Å². The number of alkyl halides is 1. The van der Waals surface area contributed by atoms with Gasteiger partial charge in [0.1, 0.15) is 0 Å². The first kappa shape index (κ1) is 11.6. The fraction of sp³-hybridized carbons (Fsp3) is 0.636. The molecule has 0 saturated carbocycles. The number of aromatic nitrogens is 2. The highest BCUT2D eigenvalue weighted by atomic mass is 79.9. The van der Waals surface area contributed by atoms with Gasteiger partial charge in [-0.2, -0.15) is 5.10 Å². The van der Waals surface area contributed by atoms with Crippen molar-refractivity contribution in [1.82, 2.24) is 15.1 Å². The van der Waals surface area contributed by atoms with Crippen LogP contribution in [-0.2, 0) is 0 Å². The Balaban J connectivity index is 2.08. The van der Waals surface area contributed by atoms with Crippen molar-refractivity contribution in [3.05, 3.63) is 18.0 Å². The van der Waals surface area contributed by atoms with Crippen LogP contribution in [-0.4, -0.2) is 38.9 Å². The minimum atomic E-state index is 0.111. The topological polar surface area (TPSA) is 49.0 Å². The molecular formula is C11H16BrN3O. The molecule has 5 heteroatoms. The van der Waals surface area contributed by atoms with E-state index in [2.05, 4.69) is 26.1 Å². The quantitative estimate of drug-likeness (QED) is 0.866. The van der Waals surface area contributed by atoms with Gasteiger partial charge in [0, 0.05) is 24.1 Å². The summed E-state index contributed by atoms with van der Waals surface area (Å²) in [5.74, 6) is 0.111. The Morgan fingerprint density at radius 2 is 2.50 bits per heavy atom. The zero-order chi connectivity index (χ0) is 11.4. The first-order valence-electron chi connectivity index (χ1n) is 5.68. The molecule has 1 saturated heterocycles. The van der Waals surface area contributed by atoms with Gasteiger partial charge in [0.05, 0.1) is 11.8 Å². The zero-order valence-corrected chi connectivity index (χ0v) is 10.7. The van der Waals surface area contributed by atoms with Crippen LogP contribution >= 0.6 is 15.9 Å². The van der Waals surface area contributed by atoms with E-state index in [0.717, 1.165) is 31.1 Å². The number of halogens is 1. The van der Waals surface area contributed by atoms with Crippen LogP contribution in [0.1, 0.15) is 36.0 Å². The molecule has 0 aromatic carbocycles. The predicted molar refractivity (Wildman–Crippen MR) is 65.7 cm³/mol. The third kappa shape index (κ3) is 2.45. The number of amides is 1. The molecule has 1 aliphatic heterocycles. The number of carbonyl (C=O) groups excluding carboxylic acids is 1. The zero-order valence-electron chi connectivity index (χ0n) is 9.16. The first-order valence-corrected chi connectivity index (χ1v) is 6.81. The van der Waals surface area contributed by atoms with Gasteiger partial charge >= 0.3 is 0 Å². The highest BCUT2D eigenvalue weighted by Gasteiger charge is 2.27. The molecule has 0 radical (unpaired) electrons. The van der Waals surface area contributed by atoms with Crippen LogP contribution in [0.15, 0.2) is 12.4 Å².